The summed E-state index contributed by atoms with van der Waals surface area (Å²) in [5.74, 6) is -0.563. The predicted molar refractivity (Wildman–Crippen MR) is 140 cm³/mol. The summed E-state index contributed by atoms with van der Waals surface area (Å²) < 4.78 is 86.8. The zero-order valence-corrected chi connectivity index (χ0v) is 22.9. The largest absolute Gasteiger partial charge is 0.416 e. The molecule has 41 heavy (non-hydrogen) atoms. The molecule has 1 aliphatic carbocycles. The third-order valence-corrected chi connectivity index (χ3v) is 8.03. The Hall–Kier alpha value is -3.08. The fourth-order valence-electron chi connectivity index (χ4n) is 5.90. The molecule has 0 aromatic heterocycles. The average molecular weight is 585 g/mol. The topological polar surface area (TPSA) is 58.6 Å². The molecule has 2 fully saturated rings. The van der Waals surface area contributed by atoms with Gasteiger partial charge < -0.3 is 15.0 Å². The first kappa shape index (κ1) is 30.9. The standard InChI is InChI=1S/C30H34F6N2O3/c1-18(22-14-23(29(31,32)33)16-24(15-22)30(34,35)36)41-27-12-13-38(17-26(27)20-6-4-3-5-7-20)28(40)21-8-10-25(11-9-21)37-19(2)39/h3-7,14-16,18,21,25-27H,8-13,17H2,1-2H3,(H,37,39)/t18-,21?,25?,26+,27+/m1/s1. The monoisotopic (exact) mass is 584 g/mol. The highest BCUT2D eigenvalue weighted by Gasteiger charge is 2.40. The van der Waals surface area contributed by atoms with Crippen LogP contribution in [0.15, 0.2) is 48.5 Å². The van der Waals surface area contributed by atoms with E-state index in [1.54, 1.807) is 4.90 Å². The van der Waals surface area contributed by atoms with Crippen LogP contribution in [0, 0.1) is 5.92 Å². The van der Waals surface area contributed by atoms with Crippen molar-refractivity contribution in [1.82, 2.24) is 10.2 Å². The minimum atomic E-state index is -4.95. The van der Waals surface area contributed by atoms with Crippen LogP contribution in [0.5, 0.6) is 0 Å². The molecule has 224 valence electrons. The van der Waals surface area contributed by atoms with E-state index in [0.29, 0.717) is 57.3 Å². The number of alkyl halides is 6. The van der Waals surface area contributed by atoms with Gasteiger partial charge in [-0.1, -0.05) is 30.3 Å². The average Bonchev–Trinajstić information content (AvgIpc) is 2.92. The first-order chi connectivity index (χ1) is 19.2. The number of likely N-dealkylation sites (tertiary alicyclic amines) is 1. The molecule has 1 saturated heterocycles. The SMILES string of the molecule is CC(=O)NC1CCC(C(=O)N2CC[C@H](O[C@H](C)c3cc(C(F)(F)F)cc(C(F)(F)F)c3)[C@H](c3ccccc3)C2)CC1. The van der Waals surface area contributed by atoms with Gasteiger partial charge in [0.05, 0.1) is 23.3 Å². The molecule has 0 bridgehead atoms. The van der Waals surface area contributed by atoms with E-state index in [0.717, 1.165) is 5.56 Å². The smallest absolute Gasteiger partial charge is 0.370 e. The van der Waals surface area contributed by atoms with Crippen molar-refractivity contribution < 1.29 is 40.7 Å². The lowest BCUT2D eigenvalue weighted by atomic mass is 9.83. The summed E-state index contributed by atoms with van der Waals surface area (Å²) in [6.45, 7) is 3.60. The molecule has 3 atom stereocenters. The van der Waals surface area contributed by atoms with Gasteiger partial charge in [0, 0.05) is 37.9 Å². The maximum absolute atomic E-state index is 13.5. The molecule has 1 aliphatic heterocycles. The van der Waals surface area contributed by atoms with E-state index in [1.165, 1.54) is 13.8 Å². The molecule has 0 radical (unpaired) electrons. The maximum Gasteiger partial charge on any atom is 0.416 e. The number of benzene rings is 2. The predicted octanol–water partition coefficient (Wildman–Crippen LogP) is 6.88. The Morgan fingerprint density at radius 3 is 2.02 bits per heavy atom. The third kappa shape index (κ3) is 7.81. The first-order valence-electron chi connectivity index (χ1n) is 13.8. The molecular weight excluding hydrogens is 550 g/mol. The molecule has 2 aromatic rings. The van der Waals surface area contributed by atoms with Crippen LogP contribution in [-0.2, 0) is 26.7 Å². The number of hydrogen-bond donors (Lipinski definition) is 1. The molecule has 4 rings (SSSR count). The van der Waals surface area contributed by atoms with Crippen molar-refractivity contribution in [3.05, 3.63) is 70.8 Å². The summed E-state index contributed by atoms with van der Waals surface area (Å²) in [5, 5.41) is 2.90. The van der Waals surface area contributed by atoms with E-state index in [2.05, 4.69) is 5.32 Å². The van der Waals surface area contributed by atoms with Gasteiger partial charge in [-0.2, -0.15) is 26.3 Å². The molecule has 2 amide bonds. The summed E-state index contributed by atoms with van der Waals surface area (Å²) >= 11 is 0. The van der Waals surface area contributed by atoms with Crippen molar-refractivity contribution in [2.75, 3.05) is 13.1 Å². The van der Waals surface area contributed by atoms with Gasteiger partial charge in [-0.3, -0.25) is 9.59 Å². The van der Waals surface area contributed by atoms with E-state index in [-0.39, 0.29) is 41.3 Å². The molecule has 5 nitrogen and oxygen atoms in total. The van der Waals surface area contributed by atoms with Gasteiger partial charge in [-0.15, -0.1) is 0 Å². The van der Waals surface area contributed by atoms with Crippen molar-refractivity contribution in [3.63, 3.8) is 0 Å². The van der Waals surface area contributed by atoms with Crippen LogP contribution >= 0.6 is 0 Å². The van der Waals surface area contributed by atoms with Gasteiger partial charge in [0.2, 0.25) is 11.8 Å². The second kappa shape index (κ2) is 12.4. The summed E-state index contributed by atoms with van der Waals surface area (Å²) in [6.07, 6.45) is -8.36. The fourth-order valence-corrected chi connectivity index (χ4v) is 5.90. The van der Waals surface area contributed by atoms with Crippen LogP contribution in [0.1, 0.15) is 80.2 Å². The number of hydrogen-bond acceptors (Lipinski definition) is 3. The van der Waals surface area contributed by atoms with Crippen LogP contribution < -0.4 is 5.32 Å². The van der Waals surface area contributed by atoms with Crippen LogP contribution in [0.2, 0.25) is 0 Å². The maximum atomic E-state index is 13.5. The zero-order valence-electron chi connectivity index (χ0n) is 22.9. The summed E-state index contributed by atoms with van der Waals surface area (Å²) in [7, 11) is 0. The van der Waals surface area contributed by atoms with Gasteiger partial charge in [0.25, 0.3) is 0 Å². The second-order valence-electron chi connectivity index (χ2n) is 11.0. The highest BCUT2D eigenvalue weighted by molar-refractivity contribution is 5.79. The van der Waals surface area contributed by atoms with E-state index in [9.17, 15) is 35.9 Å². The summed E-state index contributed by atoms with van der Waals surface area (Å²) in [5.41, 5.74) is -2.11. The highest BCUT2D eigenvalue weighted by Crippen LogP contribution is 2.40. The normalized spacial score (nSPS) is 24.5. The lowest BCUT2D eigenvalue weighted by Crippen LogP contribution is -2.49. The zero-order chi connectivity index (χ0) is 29.9. The van der Waals surface area contributed by atoms with Crippen LogP contribution in [0.4, 0.5) is 26.3 Å². The fraction of sp³-hybridized carbons (Fsp3) is 0.533. The summed E-state index contributed by atoms with van der Waals surface area (Å²) in [6, 6.07) is 10.8. The molecule has 11 heteroatoms. The van der Waals surface area contributed by atoms with E-state index < -0.39 is 35.7 Å². The Morgan fingerprint density at radius 1 is 0.902 bits per heavy atom. The van der Waals surface area contributed by atoms with Crippen molar-refractivity contribution in [2.45, 2.75) is 82.5 Å². The number of rotatable bonds is 6. The van der Waals surface area contributed by atoms with E-state index in [1.807, 2.05) is 30.3 Å². The molecular formula is C30H34F6N2O3. The Bertz CT molecular complexity index is 1180. The van der Waals surface area contributed by atoms with Gasteiger partial charge in [-0.05, 0) is 68.4 Å². The van der Waals surface area contributed by atoms with Crippen LogP contribution in [0.25, 0.3) is 0 Å². The number of carbonyl (C=O) groups excluding carboxylic acids is 2. The highest BCUT2D eigenvalue weighted by atomic mass is 19.4. The lowest BCUT2D eigenvalue weighted by Gasteiger charge is -2.41. The van der Waals surface area contributed by atoms with Crippen molar-refractivity contribution >= 4 is 11.8 Å². The van der Waals surface area contributed by atoms with Gasteiger partial charge in [-0.25, -0.2) is 0 Å². The number of ether oxygens (including phenoxy) is 1. The molecule has 1 heterocycles. The van der Waals surface area contributed by atoms with Gasteiger partial charge >= 0.3 is 12.4 Å². The Balaban J connectivity index is 1.51. The number of nitrogens with one attached hydrogen (secondary N) is 1. The third-order valence-electron chi connectivity index (χ3n) is 8.03. The van der Waals surface area contributed by atoms with E-state index in [4.69, 9.17) is 4.74 Å². The minimum Gasteiger partial charge on any atom is -0.370 e. The number of halogens is 6. The van der Waals surface area contributed by atoms with Gasteiger partial charge in [0.1, 0.15) is 0 Å². The molecule has 0 spiro atoms. The van der Waals surface area contributed by atoms with Crippen molar-refractivity contribution in [3.8, 4) is 0 Å². The molecule has 0 unspecified atom stereocenters. The molecule has 2 aromatic carbocycles. The van der Waals surface area contributed by atoms with Crippen molar-refractivity contribution in [2.24, 2.45) is 5.92 Å². The molecule has 1 saturated carbocycles. The number of piperidine rings is 1. The van der Waals surface area contributed by atoms with Gasteiger partial charge in [0.15, 0.2) is 0 Å². The molecule has 1 N–H and O–H groups in total. The Morgan fingerprint density at radius 2 is 1.49 bits per heavy atom. The van der Waals surface area contributed by atoms with Crippen LogP contribution in [0.3, 0.4) is 0 Å². The Kier molecular flexibility index (Phi) is 9.35. The van der Waals surface area contributed by atoms with Crippen molar-refractivity contribution in [1.29, 1.82) is 0 Å². The summed E-state index contributed by atoms with van der Waals surface area (Å²) in [4.78, 5) is 26.6. The van der Waals surface area contributed by atoms with Crippen LogP contribution in [-0.4, -0.2) is 41.9 Å². The lowest BCUT2D eigenvalue weighted by molar-refractivity contribution is -0.143. The van der Waals surface area contributed by atoms with E-state index >= 15 is 0 Å². The number of amides is 2. The first-order valence-corrected chi connectivity index (χ1v) is 13.8. The minimum absolute atomic E-state index is 0.0198. The quantitative estimate of drug-likeness (QED) is 0.377. The number of nitrogens with zero attached hydrogens (tertiary/aromatic N) is 1. The Labute approximate surface area is 235 Å². The molecule has 2 aliphatic rings. The second-order valence-corrected chi connectivity index (χ2v) is 11.0. The number of carbonyl (C=O) groups is 2.